The van der Waals surface area contributed by atoms with Crippen LogP contribution in [0.15, 0.2) is 29.6 Å². The van der Waals surface area contributed by atoms with Crippen LogP contribution in [0.1, 0.15) is 34.8 Å². The summed E-state index contributed by atoms with van der Waals surface area (Å²) in [6.07, 6.45) is 1.06. The molecule has 1 aromatic carbocycles. The van der Waals surface area contributed by atoms with Crippen LogP contribution in [0.25, 0.3) is 0 Å². The first-order valence-corrected chi connectivity index (χ1v) is 6.35. The number of nitrogens with two attached hydrogens (primary N) is 1. The number of hydrogen-bond donors (Lipinski definition) is 1. The Bertz CT molecular complexity index is 459. The molecule has 0 fully saturated rings. The molecule has 84 valence electrons. The average Bonchev–Trinajstić information content (AvgIpc) is 2.75. The minimum atomic E-state index is -0.0930. The second-order valence-corrected chi connectivity index (χ2v) is 4.79. The van der Waals surface area contributed by atoms with E-state index in [0.29, 0.717) is 0 Å². The van der Waals surface area contributed by atoms with Crippen molar-refractivity contribution in [3.63, 3.8) is 0 Å². The van der Waals surface area contributed by atoms with E-state index in [2.05, 4.69) is 36.2 Å². The van der Waals surface area contributed by atoms with Crippen LogP contribution in [-0.4, -0.2) is 4.98 Å². The van der Waals surface area contributed by atoms with Crippen molar-refractivity contribution in [2.24, 2.45) is 5.73 Å². The van der Waals surface area contributed by atoms with Crippen LogP contribution in [-0.2, 0) is 6.42 Å². The van der Waals surface area contributed by atoms with Crippen LogP contribution < -0.4 is 5.73 Å². The van der Waals surface area contributed by atoms with E-state index in [-0.39, 0.29) is 6.04 Å². The maximum atomic E-state index is 6.17. The zero-order chi connectivity index (χ0) is 11.5. The zero-order valence-electron chi connectivity index (χ0n) is 9.60. The first-order valence-electron chi connectivity index (χ1n) is 5.47. The molecule has 0 aliphatic rings. The quantitative estimate of drug-likeness (QED) is 0.883. The van der Waals surface area contributed by atoms with E-state index in [1.807, 2.05) is 12.3 Å². The van der Waals surface area contributed by atoms with E-state index in [9.17, 15) is 0 Å². The normalized spacial score (nSPS) is 12.7. The molecule has 2 rings (SSSR count). The minimum Gasteiger partial charge on any atom is -0.318 e. The van der Waals surface area contributed by atoms with E-state index in [1.54, 1.807) is 11.3 Å². The largest absolute Gasteiger partial charge is 0.318 e. The van der Waals surface area contributed by atoms with E-state index in [0.717, 1.165) is 22.7 Å². The maximum Gasteiger partial charge on any atom is 0.114 e. The Labute approximate surface area is 100 Å². The van der Waals surface area contributed by atoms with Crippen molar-refractivity contribution in [2.45, 2.75) is 26.3 Å². The van der Waals surface area contributed by atoms with E-state index < -0.39 is 0 Å². The number of aromatic nitrogens is 1. The van der Waals surface area contributed by atoms with Crippen molar-refractivity contribution in [1.82, 2.24) is 4.98 Å². The molecule has 0 amide bonds. The first-order chi connectivity index (χ1) is 7.70. The Morgan fingerprint density at radius 1 is 1.31 bits per heavy atom. The molecule has 3 heteroatoms. The topological polar surface area (TPSA) is 38.9 Å². The second-order valence-electron chi connectivity index (χ2n) is 3.90. The number of hydrogen-bond acceptors (Lipinski definition) is 3. The van der Waals surface area contributed by atoms with Crippen molar-refractivity contribution < 1.29 is 0 Å². The van der Waals surface area contributed by atoms with Gasteiger partial charge in [-0.3, -0.25) is 0 Å². The molecule has 0 aliphatic carbocycles. The molecular weight excluding hydrogens is 216 g/mol. The van der Waals surface area contributed by atoms with Gasteiger partial charge < -0.3 is 5.73 Å². The summed E-state index contributed by atoms with van der Waals surface area (Å²) in [7, 11) is 0. The van der Waals surface area contributed by atoms with E-state index in [4.69, 9.17) is 5.73 Å². The molecule has 0 spiro atoms. The van der Waals surface area contributed by atoms with Gasteiger partial charge in [0, 0.05) is 11.1 Å². The lowest BCUT2D eigenvalue weighted by molar-refractivity contribution is 0.851. The number of rotatable bonds is 3. The summed E-state index contributed by atoms with van der Waals surface area (Å²) < 4.78 is 0. The molecule has 0 saturated heterocycles. The van der Waals surface area contributed by atoms with Crippen LogP contribution in [0.4, 0.5) is 0 Å². The SMILES string of the molecule is CCc1ccc(C(N)c2nc(C)cs2)cc1. The summed E-state index contributed by atoms with van der Waals surface area (Å²) in [5, 5.41) is 3.03. The third-order valence-electron chi connectivity index (χ3n) is 2.65. The summed E-state index contributed by atoms with van der Waals surface area (Å²) >= 11 is 1.63. The summed E-state index contributed by atoms with van der Waals surface area (Å²) in [5.74, 6) is 0. The zero-order valence-corrected chi connectivity index (χ0v) is 10.4. The molecule has 1 heterocycles. The maximum absolute atomic E-state index is 6.17. The van der Waals surface area contributed by atoms with Gasteiger partial charge in [0.15, 0.2) is 0 Å². The molecule has 2 aromatic rings. The number of benzene rings is 1. The third-order valence-corrected chi connectivity index (χ3v) is 3.70. The molecule has 2 nitrogen and oxygen atoms in total. The van der Waals surface area contributed by atoms with Crippen LogP contribution >= 0.6 is 11.3 Å². The van der Waals surface area contributed by atoms with Gasteiger partial charge in [0.1, 0.15) is 5.01 Å². The molecule has 0 bridgehead atoms. The summed E-state index contributed by atoms with van der Waals surface area (Å²) in [4.78, 5) is 4.42. The van der Waals surface area contributed by atoms with Gasteiger partial charge >= 0.3 is 0 Å². The molecule has 1 aromatic heterocycles. The second kappa shape index (κ2) is 4.76. The minimum absolute atomic E-state index is 0.0930. The molecule has 0 saturated carbocycles. The Kier molecular flexibility index (Phi) is 3.36. The standard InChI is InChI=1S/C13H16N2S/c1-3-10-4-6-11(7-5-10)12(14)13-15-9(2)8-16-13/h4-8,12H,3,14H2,1-2H3. The van der Waals surface area contributed by atoms with Crippen molar-refractivity contribution in [1.29, 1.82) is 0 Å². The van der Waals surface area contributed by atoms with Gasteiger partial charge in [-0.1, -0.05) is 31.2 Å². The predicted octanol–water partition coefficient (Wildman–Crippen LogP) is 3.06. The highest BCUT2D eigenvalue weighted by atomic mass is 32.1. The Hall–Kier alpha value is -1.19. The van der Waals surface area contributed by atoms with Gasteiger partial charge in [-0.05, 0) is 24.5 Å². The Balaban J connectivity index is 2.23. The van der Waals surface area contributed by atoms with E-state index >= 15 is 0 Å². The number of aryl methyl sites for hydroxylation is 2. The van der Waals surface area contributed by atoms with Gasteiger partial charge in [0.25, 0.3) is 0 Å². The predicted molar refractivity (Wildman–Crippen MR) is 68.7 cm³/mol. The van der Waals surface area contributed by atoms with Crippen LogP contribution in [0.3, 0.4) is 0 Å². The fourth-order valence-electron chi connectivity index (χ4n) is 1.62. The fraction of sp³-hybridized carbons (Fsp3) is 0.308. The van der Waals surface area contributed by atoms with Gasteiger partial charge in [0.2, 0.25) is 0 Å². The highest BCUT2D eigenvalue weighted by molar-refractivity contribution is 7.09. The smallest absolute Gasteiger partial charge is 0.114 e. The van der Waals surface area contributed by atoms with Crippen molar-refractivity contribution in [3.8, 4) is 0 Å². The highest BCUT2D eigenvalue weighted by Crippen LogP contribution is 2.23. The summed E-state index contributed by atoms with van der Waals surface area (Å²) in [6, 6.07) is 8.37. The van der Waals surface area contributed by atoms with Crippen LogP contribution in [0, 0.1) is 6.92 Å². The summed E-state index contributed by atoms with van der Waals surface area (Å²) in [6.45, 7) is 4.14. The lowest BCUT2D eigenvalue weighted by atomic mass is 10.0. The summed E-state index contributed by atoms with van der Waals surface area (Å²) in [5.41, 5.74) is 9.68. The molecule has 0 radical (unpaired) electrons. The Morgan fingerprint density at radius 2 is 2.00 bits per heavy atom. The lowest BCUT2D eigenvalue weighted by Crippen LogP contribution is -2.11. The lowest BCUT2D eigenvalue weighted by Gasteiger charge is -2.09. The van der Waals surface area contributed by atoms with Gasteiger partial charge in [-0.2, -0.15) is 0 Å². The van der Waals surface area contributed by atoms with Gasteiger partial charge in [-0.15, -0.1) is 11.3 Å². The van der Waals surface area contributed by atoms with Crippen molar-refractivity contribution >= 4 is 11.3 Å². The number of nitrogens with zero attached hydrogens (tertiary/aromatic N) is 1. The molecule has 1 atom stereocenters. The molecule has 1 unspecified atom stereocenters. The van der Waals surface area contributed by atoms with E-state index in [1.165, 1.54) is 5.56 Å². The average molecular weight is 232 g/mol. The molecule has 16 heavy (non-hydrogen) atoms. The van der Waals surface area contributed by atoms with Gasteiger partial charge in [0.05, 0.1) is 6.04 Å². The molecule has 0 aliphatic heterocycles. The van der Waals surface area contributed by atoms with Gasteiger partial charge in [-0.25, -0.2) is 4.98 Å². The van der Waals surface area contributed by atoms with Crippen molar-refractivity contribution in [2.75, 3.05) is 0 Å². The van der Waals surface area contributed by atoms with Crippen molar-refractivity contribution in [3.05, 3.63) is 51.5 Å². The monoisotopic (exact) mass is 232 g/mol. The molecular formula is C13H16N2S. The van der Waals surface area contributed by atoms with Crippen LogP contribution in [0.2, 0.25) is 0 Å². The fourth-order valence-corrected chi connectivity index (χ4v) is 2.44. The number of thiazole rings is 1. The third kappa shape index (κ3) is 2.31. The Morgan fingerprint density at radius 3 is 2.50 bits per heavy atom. The highest BCUT2D eigenvalue weighted by Gasteiger charge is 2.11. The van der Waals surface area contributed by atoms with Crippen LogP contribution in [0.5, 0.6) is 0 Å². The first kappa shape index (κ1) is 11.3. The molecule has 2 N–H and O–H groups in total.